The van der Waals surface area contributed by atoms with Crippen LogP contribution in [-0.2, 0) is 22.4 Å². The second-order valence-electron chi connectivity index (χ2n) is 3.34. The second-order valence-corrected chi connectivity index (χ2v) is 3.34. The quantitative estimate of drug-likeness (QED) is 0.647. The monoisotopic (exact) mass is 180 g/mol. The zero-order chi connectivity index (χ0) is 9.26. The van der Waals surface area contributed by atoms with Gasteiger partial charge in [-0.05, 0) is 18.4 Å². The van der Waals surface area contributed by atoms with Crippen LogP contribution in [0.25, 0.3) is 0 Å². The highest BCUT2D eigenvalue weighted by Crippen LogP contribution is 2.24. The molecule has 0 aliphatic heterocycles. The van der Waals surface area contributed by atoms with Gasteiger partial charge in [0.05, 0.1) is 19.2 Å². The Hall–Kier alpha value is -1.32. The smallest absolute Gasteiger partial charge is 0.309 e. The molecule has 0 aromatic carbocycles. The third-order valence-electron chi connectivity index (χ3n) is 2.55. The molecule has 1 aromatic heterocycles. The van der Waals surface area contributed by atoms with Crippen molar-refractivity contribution in [3.63, 3.8) is 0 Å². The third kappa shape index (κ3) is 1.43. The number of rotatable bonds is 1. The number of aromatic nitrogens is 2. The number of fused-ring (bicyclic) bond motifs is 1. The number of nitrogens with one attached hydrogen (secondary N) is 1. The first-order valence-corrected chi connectivity index (χ1v) is 4.40. The van der Waals surface area contributed by atoms with Crippen molar-refractivity contribution in [3.05, 3.63) is 17.5 Å². The van der Waals surface area contributed by atoms with Gasteiger partial charge in [-0.15, -0.1) is 0 Å². The number of aromatic amines is 1. The lowest BCUT2D eigenvalue weighted by atomic mass is 9.88. The summed E-state index contributed by atoms with van der Waals surface area (Å²) in [5.41, 5.74) is 2.32. The van der Waals surface area contributed by atoms with Crippen LogP contribution in [0.5, 0.6) is 0 Å². The largest absolute Gasteiger partial charge is 0.469 e. The van der Waals surface area contributed by atoms with E-state index in [2.05, 4.69) is 10.2 Å². The molecule has 13 heavy (non-hydrogen) atoms. The van der Waals surface area contributed by atoms with Gasteiger partial charge in [0, 0.05) is 12.1 Å². The third-order valence-corrected chi connectivity index (χ3v) is 2.55. The molecule has 0 amide bonds. The molecule has 1 aliphatic carbocycles. The molecule has 0 fully saturated rings. The Bertz CT molecular complexity index is 319. The highest BCUT2D eigenvalue weighted by atomic mass is 16.5. The van der Waals surface area contributed by atoms with E-state index in [4.69, 9.17) is 4.74 Å². The summed E-state index contributed by atoms with van der Waals surface area (Å²) in [7, 11) is 1.44. The number of hydrogen-bond acceptors (Lipinski definition) is 3. The van der Waals surface area contributed by atoms with E-state index in [0.29, 0.717) is 0 Å². The fourth-order valence-electron chi connectivity index (χ4n) is 1.78. The first-order valence-electron chi connectivity index (χ1n) is 4.40. The lowest BCUT2D eigenvalue weighted by Crippen LogP contribution is -2.23. The van der Waals surface area contributed by atoms with Gasteiger partial charge in [0.15, 0.2) is 0 Å². The number of aryl methyl sites for hydroxylation is 1. The van der Waals surface area contributed by atoms with Gasteiger partial charge in [0.25, 0.3) is 0 Å². The molecule has 4 heteroatoms. The van der Waals surface area contributed by atoms with E-state index in [1.807, 2.05) is 6.20 Å². The van der Waals surface area contributed by atoms with Gasteiger partial charge < -0.3 is 4.74 Å². The Kier molecular flexibility index (Phi) is 2.04. The van der Waals surface area contributed by atoms with Crippen LogP contribution < -0.4 is 0 Å². The van der Waals surface area contributed by atoms with Crippen molar-refractivity contribution >= 4 is 5.97 Å². The first kappa shape index (κ1) is 8.29. The summed E-state index contributed by atoms with van der Waals surface area (Å²) < 4.78 is 4.71. The van der Waals surface area contributed by atoms with E-state index in [1.54, 1.807) is 0 Å². The summed E-state index contributed by atoms with van der Waals surface area (Å²) in [5, 5.41) is 6.86. The normalized spacial score (nSPS) is 20.8. The Morgan fingerprint density at radius 3 is 3.38 bits per heavy atom. The Morgan fingerprint density at radius 1 is 1.77 bits per heavy atom. The number of esters is 1. The lowest BCUT2D eigenvalue weighted by molar-refractivity contribution is -0.145. The number of nitrogens with zero attached hydrogens (tertiary/aromatic N) is 1. The predicted molar refractivity (Wildman–Crippen MR) is 46.1 cm³/mol. The Labute approximate surface area is 76.3 Å². The zero-order valence-electron chi connectivity index (χ0n) is 7.54. The number of H-pyrrole nitrogens is 1. The van der Waals surface area contributed by atoms with Gasteiger partial charge in [-0.3, -0.25) is 9.89 Å². The summed E-state index contributed by atoms with van der Waals surface area (Å²) in [4.78, 5) is 11.2. The summed E-state index contributed by atoms with van der Waals surface area (Å²) >= 11 is 0. The summed E-state index contributed by atoms with van der Waals surface area (Å²) in [5.74, 6) is -0.0989. The maximum Gasteiger partial charge on any atom is 0.309 e. The fraction of sp³-hybridized carbons (Fsp3) is 0.556. The van der Waals surface area contributed by atoms with Crippen LogP contribution in [0.15, 0.2) is 6.20 Å². The molecule has 0 spiro atoms. The Morgan fingerprint density at radius 2 is 2.62 bits per heavy atom. The van der Waals surface area contributed by atoms with Gasteiger partial charge >= 0.3 is 5.97 Å². The molecule has 1 aromatic rings. The average Bonchev–Trinajstić information content (AvgIpc) is 2.63. The van der Waals surface area contributed by atoms with Gasteiger partial charge in [-0.1, -0.05) is 0 Å². The Balaban J connectivity index is 2.13. The van der Waals surface area contributed by atoms with Crippen molar-refractivity contribution in [3.8, 4) is 0 Å². The fourth-order valence-corrected chi connectivity index (χ4v) is 1.78. The van der Waals surface area contributed by atoms with Crippen LogP contribution >= 0.6 is 0 Å². The van der Waals surface area contributed by atoms with Crippen LogP contribution in [0.4, 0.5) is 0 Å². The highest BCUT2D eigenvalue weighted by molar-refractivity contribution is 5.73. The number of hydrogen-bond donors (Lipinski definition) is 1. The van der Waals surface area contributed by atoms with Crippen molar-refractivity contribution in [1.82, 2.24) is 10.2 Å². The van der Waals surface area contributed by atoms with Crippen molar-refractivity contribution in [2.45, 2.75) is 19.3 Å². The predicted octanol–water partition coefficient (Wildman–Crippen LogP) is 0.688. The van der Waals surface area contributed by atoms with Crippen LogP contribution in [0.1, 0.15) is 17.7 Å². The first-order chi connectivity index (χ1) is 6.31. The van der Waals surface area contributed by atoms with E-state index >= 15 is 0 Å². The van der Waals surface area contributed by atoms with Crippen LogP contribution in [0.2, 0.25) is 0 Å². The van der Waals surface area contributed by atoms with E-state index < -0.39 is 0 Å². The molecule has 1 aliphatic rings. The van der Waals surface area contributed by atoms with Gasteiger partial charge in [0.1, 0.15) is 0 Å². The lowest BCUT2D eigenvalue weighted by Gasteiger charge is -2.18. The number of ether oxygens (including phenoxy) is 1. The summed E-state index contributed by atoms with van der Waals surface area (Å²) in [6.07, 6.45) is 4.37. The molecular weight excluding hydrogens is 168 g/mol. The second kappa shape index (κ2) is 3.20. The molecule has 4 nitrogen and oxygen atoms in total. The molecule has 0 saturated heterocycles. The van der Waals surface area contributed by atoms with Gasteiger partial charge in [-0.25, -0.2) is 0 Å². The summed E-state index contributed by atoms with van der Waals surface area (Å²) in [6, 6.07) is 0. The van der Waals surface area contributed by atoms with Crippen molar-refractivity contribution in [2.75, 3.05) is 7.11 Å². The van der Waals surface area contributed by atoms with Crippen LogP contribution in [0.3, 0.4) is 0 Å². The molecule has 0 radical (unpaired) electrons. The molecule has 1 N–H and O–H groups in total. The molecular formula is C9H12N2O2. The van der Waals surface area contributed by atoms with Crippen molar-refractivity contribution < 1.29 is 9.53 Å². The maximum atomic E-state index is 11.2. The molecule has 1 heterocycles. The molecule has 2 rings (SSSR count). The maximum absolute atomic E-state index is 11.2. The topological polar surface area (TPSA) is 55.0 Å². The minimum Gasteiger partial charge on any atom is -0.469 e. The van der Waals surface area contributed by atoms with E-state index in [9.17, 15) is 4.79 Å². The van der Waals surface area contributed by atoms with Gasteiger partial charge in [0.2, 0.25) is 0 Å². The molecule has 1 atom stereocenters. The van der Waals surface area contributed by atoms with Crippen molar-refractivity contribution in [1.29, 1.82) is 0 Å². The van der Waals surface area contributed by atoms with E-state index in [-0.39, 0.29) is 11.9 Å². The van der Waals surface area contributed by atoms with Crippen LogP contribution in [0, 0.1) is 5.92 Å². The highest BCUT2D eigenvalue weighted by Gasteiger charge is 2.26. The number of carbonyl (C=O) groups excluding carboxylic acids is 1. The van der Waals surface area contributed by atoms with E-state index in [1.165, 1.54) is 12.7 Å². The minimum absolute atomic E-state index is 0.0120. The molecule has 0 bridgehead atoms. The van der Waals surface area contributed by atoms with E-state index in [0.717, 1.165) is 25.0 Å². The van der Waals surface area contributed by atoms with Crippen molar-refractivity contribution in [2.24, 2.45) is 5.92 Å². The summed E-state index contributed by atoms with van der Waals surface area (Å²) in [6.45, 7) is 0. The molecule has 70 valence electrons. The number of carbonyl (C=O) groups is 1. The standard InChI is InChI=1S/C9H12N2O2/c1-13-9(12)6-2-3-7-5-10-11-8(7)4-6/h5-6H,2-4H2,1H3,(H,10,11). The van der Waals surface area contributed by atoms with Gasteiger partial charge in [-0.2, -0.15) is 5.10 Å². The number of methoxy groups -OCH3 is 1. The zero-order valence-corrected chi connectivity index (χ0v) is 7.54. The SMILES string of the molecule is COC(=O)C1CCc2cn[nH]c2C1. The van der Waals surface area contributed by atoms with Crippen LogP contribution in [-0.4, -0.2) is 23.3 Å². The molecule has 0 saturated carbocycles. The minimum atomic E-state index is -0.111. The average molecular weight is 180 g/mol. The molecule has 1 unspecified atom stereocenters.